The van der Waals surface area contributed by atoms with Gasteiger partial charge in [0.05, 0.1) is 21.2 Å². The second-order valence-electron chi connectivity index (χ2n) is 6.02. The van der Waals surface area contributed by atoms with Crippen LogP contribution in [0.3, 0.4) is 0 Å². The Labute approximate surface area is 149 Å². The lowest BCUT2D eigenvalue weighted by molar-refractivity contribution is -0.384. The van der Waals surface area contributed by atoms with Crippen molar-refractivity contribution in [2.45, 2.75) is 12.5 Å². The molecule has 4 rings (SSSR count). The van der Waals surface area contributed by atoms with E-state index in [4.69, 9.17) is 11.9 Å². The lowest BCUT2D eigenvalue weighted by Gasteiger charge is -2.28. The quantitative estimate of drug-likeness (QED) is 0.572. The van der Waals surface area contributed by atoms with Gasteiger partial charge >= 0.3 is 0 Å². The number of rotatable bonds is 4. The van der Waals surface area contributed by atoms with Crippen LogP contribution in [0, 0.1) is 17.0 Å². The Balaban J connectivity index is 1.81. The fourth-order valence-corrected chi connectivity index (χ4v) is 4.22. The summed E-state index contributed by atoms with van der Waals surface area (Å²) in [6, 6.07) is 12.8. The van der Waals surface area contributed by atoms with Crippen LogP contribution in [0.1, 0.15) is 12.0 Å². The molecule has 0 bridgehead atoms. The third-order valence-corrected chi connectivity index (χ3v) is 5.34. The molecule has 2 radical (unpaired) electrons. The number of benzene rings is 2. The summed E-state index contributed by atoms with van der Waals surface area (Å²) in [5.74, 6) is 0. The number of anilines is 2. The number of hydrogen-bond donors (Lipinski definition) is 1. The predicted molar refractivity (Wildman–Crippen MR) is 99.5 cm³/mol. The Morgan fingerprint density at radius 3 is 2.92 bits per heavy atom. The maximum absolute atomic E-state index is 11.0. The first-order chi connectivity index (χ1) is 12.1. The topological polar surface area (TPSA) is 71.3 Å². The van der Waals surface area contributed by atoms with Gasteiger partial charge in [-0.2, -0.15) is 0 Å². The van der Waals surface area contributed by atoms with Crippen LogP contribution in [0.25, 0.3) is 10.2 Å². The van der Waals surface area contributed by atoms with Crippen LogP contribution in [0.2, 0.25) is 0 Å². The lowest BCUT2D eigenvalue weighted by atomic mass is 10.1. The van der Waals surface area contributed by atoms with Gasteiger partial charge < -0.3 is 10.2 Å². The largest absolute Gasteiger partial charge is 0.315 e. The monoisotopic (exact) mass is 352 g/mol. The minimum atomic E-state index is -0.380. The first kappa shape index (κ1) is 16.0. The molecule has 126 valence electrons. The van der Waals surface area contributed by atoms with E-state index in [-0.39, 0.29) is 16.7 Å². The van der Waals surface area contributed by atoms with Crippen molar-refractivity contribution in [2.75, 3.05) is 18.0 Å². The van der Waals surface area contributed by atoms with Crippen molar-refractivity contribution in [3.05, 3.63) is 65.1 Å². The van der Waals surface area contributed by atoms with Crippen molar-refractivity contribution in [3.63, 3.8) is 0 Å². The maximum atomic E-state index is 11.0. The Morgan fingerprint density at radius 1 is 1.32 bits per heavy atom. The summed E-state index contributed by atoms with van der Waals surface area (Å²) in [4.78, 5) is 17.5. The van der Waals surface area contributed by atoms with Crippen LogP contribution in [-0.2, 0) is 0 Å². The first-order valence-electron chi connectivity index (χ1n) is 8.02. The molecular weight excluding hydrogens is 336 g/mol. The van der Waals surface area contributed by atoms with Crippen molar-refractivity contribution in [2.24, 2.45) is 0 Å². The van der Waals surface area contributed by atoms with Gasteiger partial charge in [-0.05, 0) is 43.7 Å². The fourth-order valence-electron chi connectivity index (χ4n) is 3.13. The highest BCUT2D eigenvalue weighted by Gasteiger charge is 2.27. The molecule has 6 nitrogen and oxygen atoms in total. The molecule has 25 heavy (non-hydrogen) atoms. The molecule has 1 unspecified atom stereocenters. The molecule has 1 fully saturated rings. The molecule has 2 aromatic carbocycles. The SMILES string of the molecule is [CH]c1cccc(N(c2nc3ccc([N+](=O)[O-])cc3s2)C2CCNC2)c1. The normalized spacial score (nSPS) is 17.1. The molecule has 1 aliphatic rings. The van der Waals surface area contributed by atoms with E-state index in [1.165, 1.54) is 17.4 Å². The standard InChI is InChI=1S/C18H16N4O2S/c1-12-3-2-4-13(9-12)21(15-7-8-19-11-15)18-20-16-6-5-14(22(23)24)10-17(16)25-18/h1-6,9-10,15,19H,7-8,11H2. The molecule has 0 amide bonds. The molecule has 3 aromatic rings. The fraction of sp³-hybridized carbons (Fsp3) is 0.222. The van der Waals surface area contributed by atoms with Crippen molar-refractivity contribution in [1.82, 2.24) is 10.3 Å². The molecular formula is C18H16N4O2S. The van der Waals surface area contributed by atoms with Gasteiger partial charge in [-0.3, -0.25) is 10.1 Å². The number of thiazole rings is 1. The minimum Gasteiger partial charge on any atom is -0.315 e. The second-order valence-corrected chi connectivity index (χ2v) is 7.03. The average Bonchev–Trinajstić information content (AvgIpc) is 3.24. The summed E-state index contributed by atoms with van der Waals surface area (Å²) in [6.45, 7) is 7.79. The van der Waals surface area contributed by atoms with E-state index in [1.807, 2.05) is 24.3 Å². The molecule has 1 saturated heterocycles. The van der Waals surface area contributed by atoms with Gasteiger partial charge in [-0.25, -0.2) is 4.98 Å². The van der Waals surface area contributed by atoms with Gasteiger partial charge in [0.1, 0.15) is 0 Å². The van der Waals surface area contributed by atoms with E-state index in [1.54, 1.807) is 12.1 Å². The smallest absolute Gasteiger partial charge is 0.270 e. The van der Waals surface area contributed by atoms with E-state index < -0.39 is 0 Å². The van der Waals surface area contributed by atoms with E-state index in [2.05, 4.69) is 10.2 Å². The summed E-state index contributed by atoms with van der Waals surface area (Å²) < 4.78 is 0.809. The molecule has 1 N–H and O–H groups in total. The van der Waals surface area contributed by atoms with Crippen LogP contribution in [0.4, 0.5) is 16.5 Å². The van der Waals surface area contributed by atoms with Crippen molar-refractivity contribution in [1.29, 1.82) is 0 Å². The van der Waals surface area contributed by atoms with Crippen molar-refractivity contribution >= 4 is 38.1 Å². The average molecular weight is 352 g/mol. The number of nitro groups is 1. The van der Waals surface area contributed by atoms with Crippen LogP contribution in [-0.4, -0.2) is 29.0 Å². The van der Waals surface area contributed by atoms with Gasteiger partial charge in [-0.15, -0.1) is 0 Å². The summed E-state index contributed by atoms with van der Waals surface area (Å²) in [5.41, 5.74) is 2.54. The third kappa shape index (κ3) is 3.08. The molecule has 0 aliphatic carbocycles. The number of fused-ring (bicyclic) bond motifs is 1. The lowest BCUT2D eigenvalue weighted by Crippen LogP contribution is -2.32. The predicted octanol–water partition coefficient (Wildman–Crippen LogP) is 3.76. The molecule has 1 aromatic heterocycles. The van der Waals surface area contributed by atoms with Crippen LogP contribution < -0.4 is 10.2 Å². The number of aromatic nitrogens is 1. The van der Waals surface area contributed by atoms with Crippen LogP contribution >= 0.6 is 11.3 Å². The van der Waals surface area contributed by atoms with Gasteiger partial charge in [0.25, 0.3) is 5.69 Å². The number of non-ortho nitro benzene ring substituents is 1. The molecule has 7 heteroatoms. The van der Waals surface area contributed by atoms with E-state index in [0.717, 1.165) is 40.5 Å². The summed E-state index contributed by atoms with van der Waals surface area (Å²) in [7, 11) is 0. The highest BCUT2D eigenvalue weighted by molar-refractivity contribution is 7.22. The zero-order valence-electron chi connectivity index (χ0n) is 13.4. The first-order valence-corrected chi connectivity index (χ1v) is 8.84. The van der Waals surface area contributed by atoms with Gasteiger partial charge in [0.15, 0.2) is 5.13 Å². The summed E-state index contributed by atoms with van der Waals surface area (Å²) >= 11 is 1.47. The van der Waals surface area contributed by atoms with Crippen LogP contribution in [0.15, 0.2) is 42.5 Å². The molecule has 1 aliphatic heterocycles. The molecule has 0 saturated carbocycles. The Morgan fingerprint density at radius 2 is 2.20 bits per heavy atom. The Hall–Kier alpha value is -2.51. The van der Waals surface area contributed by atoms with Gasteiger partial charge in [-0.1, -0.05) is 23.5 Å². The molecule has 2 heterocycles. The maximum Gasteiger partial charge on any atom is 0.270 e. The highest BCUT2D eigenvalue weighted by atomic mass is 32.1. The van der Waals surface area contributed by atoms with Crippen molar-refractivity contribution < 1.29 is 4.92 Å². The Bertz CT molecular complexity index is 934. The number of hydrogen-bond acceptors (Lipinski definition) is 6. The van der Waals surface area contributed by atoms with Gasteiger partial charge in [0, 0.05) is 24.4 Å². The van der Waals surface area contributed by atoms with E-state index in [9.17, 15) is 10.1 Å². The zero-order chi connectivity index (χ0) is 17.4. The van der Waals surface area contributed by atoms with Crippen LogP contribution in [0.5, 0.6) is 0 Å². The molecule has 0 spiro atoms. The highest BCUT2D eigenvalue weighted by Crippen LogP contribution is 2.37. The molecule has 1 atom stereocenters. The number of nitro benzene ring substituents is 1. The second kappa shape index (κ2) is 6.42. The zero-order valence-corrected chi connectivity index (χ0v) is 14.2. The third-order valence-electron chi connectivity index (χ3n) is 4.33. The van der Waals surface area contributed by atoms with E-state index in [0.29, 0.717) is 5.56 Å². The summed E-state index contributed by atoms with van der Waals surface area (Å²) in [6.07, 6.45) is 1.00. The number of nitrogens with one attached hydrogen (secondary N) is 1. The van der Waals surface area contributed by atoms with Gasteiger partial charge in [0.2, 0.25) is 0 Å². The Kier molecular flexibility index (Phi) is 4.10. The summed E-state index contributed by atoms with van der Waals surface area (Å²) in [5, 5.41) is 15.2. The minimum absolute atomic E-state index is 0.0840. The number of nitrogens with zero attached hydrogens (tertiary/aromatic N) is 3. The van der Waals surface area contributed by atoms with Crippen molar-refractivity contribution in [3.8, 4) is 0 Å². The van der Waals surface area contributed by atoms with E-state index >= 15 is 0 Å².